The van der Waals surface area contributed by atoms with Crippen molar-refractivity contribution >= 4 is 40.0 Å². The van der Waals surface area contributed by atoms with Crippen LogP contribution in [0.25, 0.3) is 17.1 Å². The molecule has 0 unspecified atom stereocenters. The Bertz CT molecular complexity index is 841. The highest BCUT2D eigenvalue weighted by molar-refractivity contribution is 6.67. The molecule has 1 aromatic heterocycles. The zero-order valence-electron chi connectivity index (χ0n) is 11.1. The Labute approximate surface area is 142 Å². The van der Waals surface area contributed by atoms with Crippen LogP contribution in [0.4, 0.5) is 0 Å². The van der Waals surface area contributed by atoms with Crippen LogP contribution in [0.15, 0.2) is 54.7 Å². The van der Waals surface area contributed by atoms with Crippen LogP contribution in [0.2, 0.25) is 10.0 Å². The number of aromatic nitrogens is 2. The normalized spacial score (nSPS) is 10.7. The molecule has 0 amide bonds. The van der Waals surface area contributed by atoms with Crippen LogP contribution in [-0.4, -0.2) is 14.8 Å². The van der Waals surface area contributed by atoms with Crippen molar-refractivity contribution < 1.29 is 4.79 Å². The molecule has 0 N–H and O–H groups in total. The number of carbonyl (C=O) groups excluding carboxylic acids is 1. The Morgan fingerprint density at radius 1 is 1.00 bits per heavy atom. The number of rotatable bonds is 3. The van der Waals surface area contributed by atoms with E-state index in [-0.39, 0.29) is 5.69 Å². The first kappa shape index (κ1) is 15.1. The summed E-state index contributed by atoms with van der Waals surface area (Å²) < 4.78 is 1.76. The van der Waals surface area contributed by atoms with Crippen molar-refractivity contribution in [1.29, 1.82) is 0 Å². The predicted molar refractivity (Wildman–Crippen MR) is 89.2 cm³/mol. The first-order valence-electron chi connectivity index (χ1n) is 6.36. The zero-order chi connectivity index (χ0) is 15.7. The van der Waals surface area contributed by atoms with Gasteiger partial charge in [0.15, 0.2) is 0 Å². The van der Waals surface area contributed by atoms with Gasteiger partial charge < -0.3 is 0 Å². The molecule has 6 heteroatoms. The molecule has 0 spiro atoms. The number of imidazole rings is 1. The first-order valence-corrected chi connectivity index (χ1v) is 7.49. The van der Waals surface area contributed by atoms with Gasteiger partial charge in [-0.15, -0.1) is 0 Å². The molecule has 1 heterocycles. The van der Waals surface area contributed by atoms with E-state index in [1.807, 2.05) is 30.3 Å². The molecule has 110 valence electrons. The molecular formula is C16H9Cl3N2O. The molecule has 0 fully saturated rings. The third kappa shape index (κ3) is 2.88. The highest BCUT2D eigenvalue weighted by Gasteiger charge is 2.17. The summed E-state index contributed by atoms with van der Waals surface area (Å²) in [5.74, 6) is 0.539. The van der Waals surface area contributed by atoms with E-state index in [1.54, 1.807) is 29.0 Å². The lowest BCUT2D eigenvalue weighted by Crippen LogP contribution is -1.96. The van der Waals surface area contributed by atoms with Gasteiger partial charge in [-0.05, 0) is 48.0 Å². The average molecular weight is 352 g/mol. The average Bonchev–Trinajstić information content (AvgIpc) is 2.94. The van der Waals surface area contributed by atoms with Gasteiger partial charge in [0.1, 0.15) is 11.5 Å². The second-order valence-corrected chi connectivity index (χ2v) is 5.74. The summed E-state index contributed by atoms with van der Waals surface area (Å²) in [7, 11) is 0. The minimum absolute atomic E-state index is 0.159. The van der Waals surface area contributed by atoms with Gasteiger partial charge in [0.25, 0.3) is 5.24 Å². The summed E-state index contributed by atoms with van der Waals surface area (Å²) in [6.45, 7) is 0. The van der Waals surface area contributed by atoms with Crippen molar-refractivity contribution in [2.45, 2.75) is 0 Å². The van der Waals surface area contributed by atoms with E-state index in [1.165, 1.54) is 0 Å². The monoisotopic (exact) mass is 350 g/mol. The zero-order valence-corrected chi connectivity index (χ0v) is 13.4. The largest absolute Gasteiger partial charge is 0.299 e. The highest BCUT2D eigenvalue weighted by Crippen LogP contribution is 2.29. The third-order valence-corrected chi connectivity index (χ3v) is 3.90. The number of carbonyl (C=O) groups is 1. The summed E-state index contributed by atoms with van der Waals surface area (Å²) in [5, 5.41) is 0.537. The molecule has 0 aliphatic rings. The predicted octanol–water partition coefficient (Wildman–Crippen LogP) is 5.23. The molecule has 3 aromatic rings. The summed E-state index contributed by atoms with van der Waals surface area (Å²) in [6.07, 6.45) is 1.58. The minimum Gasteiger partial charge on any atom is -0.299 e. The van der Waals surface area contributed by atoms with Crippen molar-refractivity contribution in [1.82, 2.24) is 9.55 Å². The second kappa shape index (κ2) is 6.13. The molecule has 0 atom stereocenters. The van der Waals surface area contributed by atoms with Gasteiger partial charge in [-0.2, -0.15) is 0 Å². The molecule has 0 aliphatic carbocycles. The third-order valence-electron chi connectivity index (χ3n) is 3.13. The summed E-state index contributed by atoms with van der Waals surface area (Å²) in [4.78, 5) is 15.8. The van der Waals surface area contributed by atoms with Gasteiger partial charge in [-0.1, -0.05) is 35.3 Å². The smallest absolute Gasteiger partial charge is 0.272 e. The number of hydrogen-bond acceptors (Lipinski definition) is 2. The van der Waals surface area contributed by atoms with Crippen molar-refractivity contribution in [3.05, 3.63) is 70.5 Å². The van der Waals surface area contributed by atoms with Crippen LogP contribution in [0.5, 0.6) is 0 Å². The van der Waals surface area contributed by atoms with E-state index in [4.69, 9.17) is 34.8 Å². The standard InChI is InChI=1S/C16H9Cl3N2O/c17-10-5-7-11(8-6-10)21-9-14(15(19)22)20-16(21)12-3-1-2-4-13(12)18/h1-9H. The number of halogens is 3. The Kier molecular flexibility index (Phi) is 4.21. The quantitative estimate of drug-likeness (QED) is 0.606. The van der Waals surface area contributed by atoms with E-state index in [2.05, 4.69) is 4.98 Å². The van der Waals surface area contributed by atoms with Crippen LogP contribution in [0.3, 0.4) is 0 Å². The van der Waals surface area contributed by atoms with Crippen LogP contribution < -0.4 is 0 Å². The molecule has 0 saturated heterocycles. The second-order valence-electron chi connectivity index (χ2n) is 4.55. The first-order chi connectivity index (χ1) is 10.6. The van der Waals surface area contributed by atoms with Gasteiger partial charge in [0.2, 0.25) is 0 Å². The van der Waals surface area contributed by atoms with E-state index >= 15 is 0 Å². The van der Waals surface area contributed by atoms with Gasteiger partial charge in [-0.25, -0.2) is 4.98 Å². The van der Waals surface area contributed by atoms with E-state index < -0.39 is 5.24 Å². The van der Waals surface area contributed by atoms with E-state index in [0.29, 0.717) is 21.4 Å². The molecule has 0 saturated carbocycles. The Morgan fingerprint density at radius 2 is 1.68 bits per heavy atom. The lowest BCUT2D eigenvalue weighted by Gasteiger charge is -2.09. The number of benzene rings is 2. The van der Waals surface area contributed by atoms with Crippen LogP contribution in [-0.2, 0) is 0 Å². The molecule has 22 heavy (non-hydrogen) atoms. The van der Waals surface area contributed by atoms with Gasteiger partial charge >= 0.3 is 0 Å². The maximum absolute atomic E-state index is 11.4. The Morgan fingerprint density at radius 3 is 2.32 bits per heavy atom. The molecule has 2 aromatic carbocycles. The van der Waals surface area contributed by atoms with Crippen LogP contribution >= 0.6 is 34.8 Å². The molecular weight excluding hydrogens is 343 g/mol. The van der Waals surface area contributed by atoms with Crippen molar-refractivity contribution in [3.8, 4) is 17.1 Å². The van der Waals surface area contributed by atoms with E-state index in [9.17, 15) is 4.79 Å². The maximum atomic E-state index is 11.4. The molecule has 0 aliphatic heterocycles. The lowest BCUT2D eigenvalue weighted by atomic mass is 10.2. The van der Waals surface area contributed by atoms with Crippen molar-refractivity contribution in [3.63, 3.8) is 0 Å². The lowest BCUT2D eigenvalue weighted by molar-refractivity contribution is 0.107. The maximum Gasteiger partial charge on any atom is 0.272 e. The summed E-state index contributed by atoms with van der Waals surface area (Å²) in [6, 6.07) is 14.4. The fourth-order valence-corrected chi connectivity index (χ4v) is 2.54. The van der Waals surface area contributed by atoms with Crippen LogP contribution in [0.1, 0.15) is 10.5 Å². The highest BCUT2D eigenvalue weighted by atomic mass is 35.5. The Hall–Kier alpha value is -1.81. The fourth-order valence-electron chi connectivity index (χ4n) is 2.11. The summed E-state index contributed by atoms with van der Waals surface area (Å²) >= 11 is 17.7. The van der Waals surface area contributed by atoms with Crippen molar-refractivity contribution in [2.75, 3.05) is 0 Å². The van der Waals surface area contributed by atoms with Crippen molar-refractivity contribution in [2.24, 2.45) is 0 Å². The molecule has 0 radical (unpaired) electrons. The molecule has 0 bridgehead atoms. The summed E-state index contributed by atoms with van der Waals surface area (Å²) in [5.41, 5.74) is 1.67. The fraction of sp³-hybridized carbons (Fsp3) is 0. The van der Waals surface area contributed by atoms with Gasteiger partial charge in [-0.3, -0.25) is 9.36 Å². The Balaban J connectivity index is 2.23. The van der Waals surface area contributed by atoms with Gasteiger partial charge in [0, 0.05) is 22.5 Å². The SMILES string of the molecule is O=C(Cl)c1cn(-c2ccc(Cl)cc2)c(-c2ccccc2Cl)n1. The number of nitrogens with zero attached hydrogens (tertiary/aromatic N) is 2. The van der Waals surface area contributed by atoms with E-state index in [0.717, 1.165) is 5.69 Å². The van der Waals surface area contributed by atoms with Gasteiger partial charge in [0.05, 0.1) is 5.02 Å². The molecule has 3 nitrogen and oxygen atoms in total. The molecule has 3 rings (SSSR count). The number of hydrogen-bond donors (Lipinski definition) is 0. The van der Waals surface area contributed by atoms with Crippen LogP contribution in [0, 0.1) is 0 Å². The topological polar surface area (TPSA) is 34.9 Å². The minimum atomic E-state index is -0.624.